The lowest BCUT2D eigenvalue weighted by Gasteiger charge is -2.10. The maximum Gasteiger partial charge on any atom is 0.240 e. The number of unbranched alkanes of at least 4 members (excludes halogenated alkanes) is 1. The molecule has 0 spiro atoms. The highest BCUT2D eigenvalue weighted by Crippen LogP contribution is 2.24. The first-order chi connectivity index (χ1) is 10.9. The lowest BCUT2D eigenvalue weighted by Crippen LogP contribution is -2.27. The third-order valence-corrected chi connectivity index (χ3v) is 4.96. The highest BCUT2D eigenvalue weighted by Gasteiger charge is 2.14. The number of ether oxygens (including phenoxy) is 1. The van der Waals surface area contributed by atoms with Crippen molar-refractivity contribution in [3.8, 4) is 5.75 Å². The van der Waals surface area contributed by atoms with E-state index in [0.29, 0.717) is 18.0 Å². The van der Waals surface area contributed by atoms with E-state index >= 15 is 0 Å². The Morgan fingerprint density at radius 3 is 2.48 bits per heavy atom. The molecule has 4 nitrogen and oxygen atoms in total. The van der Waals surface area contributed by atoms with Gasteiger partial charge in [0.25, 0.3) is 0 Å². The van der Waals surface area contributed by atoms with E-state index in [9.17, 15) is 8.42 Å². The number of benzene rings is 2. The normalized spacial score (nSPS) is 12.0. The lowest BCUT2D eigenvalue weighted by atomic mass is 10.1. The maximum absolute atomic E-state index is 12.3. The Labute approximate surface area is 138 Å². The molecule has 126 valence electrons. The summed E-state index contributed by atoms with van der Waals surface area (Å²) in [6.45, 7) is 7.21. The van der Waals surface area contributed by atoms with Crippen LogP contribution in [0, 0.1) is 5.92 Å². The molecule has 0 bridgehead atoms. The van der Waals surface area contributed by atoms with Gasteiger partial charge in [-0.05, 0) is 47.4 Å². The lowest BCUT2D eigenvalue weighted by molar-refractivity contribution is 0.310. The van der Waals surface area contributed by atoms with Crippen molar-refractivity contribution in [3.05, 3.63) is 36.4 Å². The third kappa shape index (κ3) is 4.94. The highest BCUT2D eigenvalue weighted by atomic mass is 32.2. The van der Waals surface area contributed by atoms with Crippen molar-refractivity contribution < 1.29 is 13.2 Å². The zero-order valence-corrected chi connectivity index (χ0v) is 14.8. The fourth-order valence-electron chi connectivity index (χ4n) is 2.15. The molecule has 0 aliphatic heterocycles. The Hall–Kier alpha value is -1.59. The molecule has 0 aromatic heterocycles. The molecular weight excluding hydrogens is 310 g/mol. The van der Waals surface area contributed by atoms with Crippen LogP contribution < -0.4 is 9.46 Å². The summed E-state index contributed by atoms with van der Waals surface area (Å²) in [4.78, 5) is 0.297. The second-order valence-electron chi connectivity index (χ2n) is 6.12. The molecule has 0 unspecified atom stereocenters. The average Bonchev–Trinajstić information content (AvgIpc) is 2.53. The Morgan fingerprint density at radius 2 is 1.78 bits per heavy atom. The molecule has 0 amide bonds. The van der Waals surface area contributed by atoms with Crippen molar-refractivity contribution in [2.45, 2.75) is 38.5 Å². The van der Waals surface area contributed by atoms with Crippen LogP contribution in [-0.2, 0) is 10.0 Å². The van der Waals surface area contributed by atoms with E-state index in [1.54, 1.807) is 12.1 Å². The van der Waals surface area contributed by atoms with Gasteiger partial charge in [0, 0.05) is 6.54 Å². The van der Waals surface area contributed by atoms with E-state index in [4.69, 9.17) is 4.74 Å². The van der Waals surface area contributed by atoms with Crippen LogP contribution in [0.4, 0.5) is 0 Å². The van der Waals surface area contributed by atoms with Crippen molar-refractivity contribution in [2.75, 3.05) is 13.2 Å². The molecule has 2 rings (SSSR count). The molecule has 0 atom stereocenters. The fourth-order valence-corrected chi connectivity index (χ4v) is 3.40. The molecule has 2 aromatic rings. The van der Waals surface area contributed by atoms with Crippen LogP contribution >= 0.6 is 0 Å². The van der Waals surface area contributed by atoms with E-state index in [0.717, 1.165) is 29.4 Å². The summed E-state index contributed by atoms with van der Waals surface area (Å²) in [6.07, 6.45) is 2.12. The fraction of sp³-hybridized carbons (Fsp3) is 0.444. The van der Waals surface area contributed by atoms with Crippen molar-refractivity contribution in [1.82, 2.24) is 4.72 Å². The van der Waals surface area contributed by atoms with Crippen LogP contribution in [0.25, 0.3) is 10.8 Å². The second-order valence-corrected chi connectivity index (χ2v) is 7.89. The maximum atomic E-state index is 12.3. The number of sulfonamides is 1. The van der Waals surface area contributed by atoms with Gasteiger partial charge in [0.05, 0.1) is 11.5 Å². The molecule has 0 fully saturated rings. The topological polar surface area (TPSA) is 55.4 Å². The summed E-state index contributed by atoms with van der Waals surface area (Å²) in [5.74, 6) is 1.09. The summed E-state index contributed by atoms with van der Waals surface area (Å²) in [6, 6.07) is 10.9. The first kappa shape index (κ1) is 17.8. The van der Waals surface area contributed by atoms with Crippen LogP contribution in [0.15, 0.2) is 41.3 Å². The summed E-state index contributed by atoms with van der Waals surface area (Å²) >= 11 is 0. The van der Waals surface area contributed by atoms with Crippen molar-refractivity contribution >= 4 is 20.8 Å². The van der Waals surface area contributed by atoms with Crippen LogP contribution in [0.1, 0.15) is 33.6 Å². The van der Waals surface area contributed by atoms with Crippen molar-refractivity contribution in [1.29, 1.82) is 0 Å². The summed E-state index contributed by atoms with van der Waals surface area (Å²) in [7, 11) is -3.46. The van der Waals surface area contributed by atoms with Gasteiger partial charge in [-0.3, -0.25) is 0 Å². The Bertz CT molecular complexity index is 754. The molecule has 0 heterocycles. The van der Waals surface area contributed by atoms with E-state index in [1.807, 2.05) is 38.1 Å². The quantitative estimate of drug-likeness (QED) is 0.743. The number of hydrogen-bond acceptors (Lipinski definition) is 3. The van der Waals surface area contributed by atoms with Crippen molar-refractivity contribution in [2.24, 2.45) is 5.92 Å². The van der Waals surface area contributed by atoms with Gasteiger partial charge in [-0.2, -0.15) is 0 Å². The SMILES string of the molecule is CCCCOc1ccc2cc(S(=O)(=O)NCC(C)C)ccc2c1. The van der Waals surface area contributed by atoms with Gasteiger partial charge in [0.1, 0.15) is 5.75 Å². The summed E-state index contributed by atoms with van der Waals surface area (Å²) < 4.78 is 32.9. The van der Waals surface area contributed by atoms with Gasteiger partial charge < -0.3 is 4.74 Å². The molecule has 0 aliphatic carbocycles. The Balaban J connectivity index is 2.21. The van der Waals surface area contributed by atoms with E-state index in [1.165, 1.54) is 0 Å². The van der Waals surface area contributed by atoms with Gasteiger partial charge in [0.2, 0.25) is 10.0 Å². The van der Waals surface area contributed by atoms with E-state index in [-0.39, 0.29) is 5.92 Å². The average molecular weight is 335 g/mol. The van der Waals surface area contributed by atoms with Crippen LogP contribution in [-0.4, -0.2) is 21.6 Å². The summed E-state index contributed by atoms with van der Waals surface area (Å²) in [5, 5.41) is 1.86. The number of hydrogen-bond donors (Lipinski definition) is 1. The van der Waals surface area contributed by atoms with Gasteiger partial charge in [-0.25, -0.2) is 13.1 Å². The number of fused-ring (bicyclic) bond motifs is 1. The standard InChI is InChI=1S/C18H25NO3S/c1-4-5-10-22-17-8-6-16-12-18(9-7-15(16)11-17)23(20,21)19-13-14(2)3/h6-9,11-12,14,19H,4-5,10,13H2,1-3H3. The predicted molar refractivity (Wildman–Crippen MR) is 94.4 cm³/mol. The number of nitrogens with one attached hydrogen (secondary N) is 1. The molecule has 2 aromatic carbocycles. The second kappa shape index (κ2) is 7.79. The van der Waals surface area contributed by atoms with Crippen LogP contribution in [0.3, 0.4) is 0 Å². The van der Waals surface area contributed by atoms with Crippen molar-refractivity contribution in [3.63, 3.8) is 0 Å². The Morgan fingerprint density at radius 1 is 1.09 bits per heavy atom. The predicted octanol–water partition coefficient (Wildman–Crippen LogP) is 3.95. The van der Waals surface area contributed by atoms with E-state index < -0.39 is 10.0 Å². The van der Waals surface area contributed by atoms with Gasteiger partial charge >= 0.3 is 0 Å². The summed E-state index contributed by atoms with van der Waals surface area (Å²) in [5.41, 5.74) is 0. The monoisotopic (exact) mass is 335 g/mol. The van der Waals surface area contributed by atoms with Crippen LogP contribution in [0.5, 0.6) is 5.75 Å². The number of rotatable bonds is 8. The molecule has 0 aliphatic rings. The first-order valence-corrected chi connectivity index (χ1v) is 9.57. The van der Waals surface area contributed by atoms with E-state index in [2.05, 4.69) is 11.6 Å². The third-order valence-electron chi connectivity index (χ3n) is 3.54. The zero-order chi connectivity index (χ0) is 16.9. The highest BCUT2D eigenvalue weighted by molar-refractivity contribution is 7.89. The minimum atomic E-state index is -3.46. The largest absolute Gasteiger partial charge is 0.494 e. The zero-order valence-electron chi connectivity index (χ0n) is 14.0. The Kier molecular flexibility index (Phi) is 6.02. The van der Waals surface area contributed by atoms with Gasteiger partial charge in [0.15, 0.2) is 0 Å². The molecule has 5 heteroatoms. The van der Waals surface area contributed by atoms with Gasteiger partial charge in [-0.1, -0.05) is 39.3 Å². The molecule has 0 radical (unpaired) electrons. The smallest absolute Gasteiger partial charge is 0.240 e. The van der Waals surface area contributed by atoms with Crippen LogP contribution in [0.2, 0.25) is 0 Å². The molecule has 0 saturated carbocycles. The minimum Gasteiger partial charge on any atom is -0.494 e. The van der Waals surface area contributed by atoms with Gasteiger partial charge in [-0.15, -0.1) is 0 Å². The minimum absolute atomic E-state index is 0.271. The molecule has 23 heavy (non-hydrogen) atoms. The molecule has 1 N–H and O–H groups in total. The molecule has 0 saturated heterocycles. The molecular formula is C18H25NO3S. The first-order valence-electron chi connectivity index (χ1n) is 8.08.